The lowest BCUT2D eigenvalue weighted by atomic mass is 10.2. The molecule has 1 amide bonds. The maximum Gasteiger partial charge on any atom is 0.233 e. The van der Waals surface area contributed by atoms with Crippen molar-refractivity contribution in [2.75, 3.05) is 25.4 Å². The lowest BCUT2D eigenvalue weighted by Gasteiger charge is -2.31. The van der Waals surface area contributed by atoms with E-state index in [9.17, 15) is 4.79 Å². The van der Waals surface area contributed by atoms with Crippen molar-refractivity contribution in [2.24, 2.45) is 0 Å². The number of carbonyl (C=O) groups excluding carboxylic acids is 1. The first-order valence-corrected chi connectivity index (χ1v) is 10.3. The molecule has 28 heavy (non-hydrogen) atoms. The molecule has 1 saturated heterocycles. The summed E-state index contributed by atoms with van der Waals surface area (Å²) in [5.41, 5.74) is 1.89. The molecule has 1 aliphatic rings. The highest BCUT2D eigenvalue weighted by atomic mass is 32.2. The maximum atomic E-state index is 12.7. The summed E-state index contributed by atoms with van der Waals surface area (Å²) in [5.74, 6) is 1.21. The highest BCUT2D eigenvalue weighted by Gasteiger charge is 2.22. The lowest BCUT2D eigenvalue weighted by molar-refractivity contribution is -0.129. The number of benzene rings is 1. The van der Waals surface area contributed by atoms with Crippen molar-refractivity contribution >= 4 is 17.7 Å². The zero-order valence-corrected chi connectivity index (χ0v) is 16.5. The summed E-state index contributed by atoms with van der Waals surface area (Å²) < 4.78 is 1.99. The summed E-state index contributed by atoms with van der Waals surface area (Å²) in [6.45, 7) is 4.42. The van der Waals surface area contributed by atoms with Gasteiger partial charge in [0.2, 0.25) is 5.91 Å². The van der Waals surface area contributed by atoms with Crippen LogP contribution in [0.4, 0.5) is 0 Å². The number of pyridine rings is 1. The predicted molar refractivity (Wildman–Crippen MR) is 109 cm³/mol. The van der Waals surface area contributed by atoms with Crippen LogP contribution < -0.4 is 5.32 Å². The lowest BCUT2D eigenvalue weighted by Crippen LogP contribution is -2.51. The van der Waals surface area contributed by atoms with Crippen LogP contribution in [0.5, 0.6) is 0 Å². The molecule has 0 aliphatic carbocycles. The molecule has 0 bridgehead atoms. The van der Waals surface area contributed by atoms with E-state index in [1.165, 1.54) is 11.8 Å². The third-order valence-electron chi connectivity index (χ3n) is 4.63. The molecule has 1 N–H and O–H groups in total. The van der Waals surface area contributed by atoms with Gasteiger partial charge in [0.15, 0.2) is 11.0 Å². The third-order valence-corrected chi connectivity index (χ3v) is 5.55. The highest BCUT2D eigenvalue weighted by Crippen LogP contribution is 2.27. The van der Waals surface area contributed by atoms with Gasteiger partial charge in [-0.1, -0.05) is 30.0 Å². The molecule has 0 spiro atoms. The van der Waals surface area contributed by atoms with Crippen LogP contribution in [0.15, 0.2) is 60.0 Å². The predicted octanol–water partition coefficient (Wildman–Crippen LogP) is 2.24. The van der Waals surface area contributed by atoms with Gasteiger partial charge < -0.3 is 10.2 Å². The van der Waals surface area contributed by atoms with E-state index in [-0.39, 0.29) is 5.91 Å². The number of rotatable bonds is 5. The molecule has 3 heterocycles. The summed E-state index contributed by atoms with van der Waals surface area (Å²) >= 11 is 1.42. The SMILES string of the molecule is C[C@@H]1CN(C(=O)CSc2nnc(-c3ccncc3)n2-c2ccccc2)CCN1. The van der Waals surface area contributed by atoms with Gasteiger partial charge in [0, 0.05) is 49.3 Å². The topological polar surface area (TPSA) is 75.9 Å². The number of piperazine rings is 1. The number of carbonyl (C=O) groups is 1. The van der Waals surface area contributed by atoms with Crippen LogP contribution in [-0.4, -0.2) is 62.0 Å². The Morgan fingerprint density at radius 3 is 2.71 bits per heavy atom. The van der Waals surface area contributed by atoms with Gasteiger partial charge in [0.1, 0.15) is 0 Å². The minimum atomic E-state index is 0.131. The quantitative estimate of drug-likeness (QED) is 0.669. The minimum Gasteiger partial charge on any atom is -0.339 e. The summed E-state index contributed by atoms with van der Waals surface area (Å²) in [6, 6.07) is 14.1. The van der Waals surface area contributed by atoms with Crippen LogP contribution >= 0.6 is 11.8 Å². The molecule has 7 nitrogen and oxygen atoms in total. The molecule has 144 valence electrons. The van der Waals surface area contributed by atoms with Gasteiger partial charge in [0.05, 0.1) is 5.75 Å². The Balaban J connectivity index is 1.59. The van der Waals surface area contributed by atoms with Crippen molar-refractivity contribution in [2.45, 2.75) is 18.1 Å². The van der Waals surface area contributed by atoms with E-state index in [2.05, 4.69) is 27.4 Å². The van der Waals surface area contributed by atoms with Crippen molar-refractivity contribution in [3.8, 4) is 17.1 Å². The second-order valence-corrected chi connectivity index (χ2v) is 7.64. The van der Waals surface area contributed by atoms with E-state index in [1.54, 1.807) is 12.4 Å². The Hall–Kier alpha value is -2.71. The van der Waals surface area contributed by atoms with E-state index in [4.69, 9.17) is 0 Å². The van der Waals surface area contributed by atoms with E-state index >= 15 is 0 Å². The number of nitrogens with zero attached hydrogens (tertiary/aromatic N) is 5. The van der Waals surface area contributed by atoms with Crippen LogP contribution in [0.1, 0.15) is 6.92 Å². The summed E-state index contributed by atoms with van der Waals surface area (Å²) in [7, 11) is 0. The molecule has 3 aromatic rings. The summed E-state index contributed by atoms with van der Waals surface area (Å²) in [4.78, 5) is 18.7. The van der Waals surface area contributed by atoms with Crippen molar-refractivity contribution in [1.29, 1.82) is 0 Å². The number of para-hydroxylation sites is 1. The normalized spacial score (nSPS) is 16.9. The van der Waals surface area contributed by atoms with E-state index < -0.39 is 0 Å². The fraction of sp³-hybridized carbons (Fsp3) is 0.300. The van der Waals surface area contributed by atoms with Crippen molar-refractivity contribution in [3.63, 3.8) is 0 Å². The molecule has 1 fully saturated rings. The van der Waals surface area contributed by atoms with Crippen molar-refractivity contribution < 1.29 is 4.79 Å². The molecule has 0 unspecified atom stereocenters. The van der Waals surface area contributed by atoms with Gasteiger partial charge in [-0.25, -0.2) is 0 Å². The monoisotopic (exact) mass is 394 g/mol. The van der Waals surface area contributed by atoms with Crippen molar-refractivity contribution in [1.82, 2.24) is 30.0 Å². The molecule has 2 aromatic heterocycles. The molecule has 0 radical (unpaired) electrons. The molecular formula is C20H22N6OS. The maximum absolute atomic E-state index is 12.7. The van der Waals surface area contributed by atoms with Crippen LogP contribution in [0.2, 0.25) is 0 Å². The van der Waals surface area contributed by atoms with E-state index in [0.29, 0.717) is 17.0 Å². The number of nitrogens with one attached hydrogen (secondary N) is 1. The average molecular weight is 395 g/mol. The second kappa shape index (κ2) is 8.53. The Labute approximate surface area is 168 Å². The molecule has 4 rings (SSSR count). The van der Waals surface area contributed by atoms with Gasteiger partial charge in [-0.2, -0.15) is 0 Å². The Kier molecular flexibility index (Phi) is 5.68. The third kappa shape index (κ3) is 4.07. The number of aromatic nitrogens is 4. The van der Waals surface area contributed by atoms with Crippen LogP contribution in [0.3, 0.4) is 0 Å². The number of amides is 1. The zero-order valence-electron chi connectivity index (χ0n) is 15.7. The van der Waals surface area contributed by atoms with Gasteiger partial charge in [0.25, 0.3) is 0 Å². The molecule has 0 saturated carbocycles. The molecule has 1 aliphatic heterocycles. The minimum absolute atomic E-state index is 0.131. The Morgan fingerprint density at radius 2 is 1.96 bits per heavy atom. The van der Waals surface area contributed by atoms with E-state index in [0.717, 1.165) is 36.7 Å². The molecule has 1 atom stereocenters. The summed E-state index contributed by atoms with van der Waals surface area (Å²) in [5, 5.41) is 12.8. The van der Waals surface area contributed by atoms with Crippen LogP contribution in [-0.2, 0) is 4.79 Å². The van der Waals surface area contributed by atoms with Gasteiger partial charge >= 0.3 is 0 Å². The zero-order chi connectivity index (χ0) is 19.3. The van der Waals surface area contributed by atoms with Gasteiger partial charge in [-0.05, 0) is 31.2 Å². The fourth-order valence-electron chi connectivity index (χ4n) is 3.24. The van der Waals surface area contributed by atoms with Crippen LogP contribution in [0, 0.1) is 0 Å². The largest absolute Gasteiger partial charge is 0.339 e. The molecule has 8 heteroatoms. The van der Waals surface area contributed by atoms with E-state index in [1.807, 2.05) is 51.9 Å². The van der Waals surface area contributed by atoms with Gasteiger partial charge in [-0.15, -0.1) is 10.2 Å². The highest BCUT2D eigenvalue weighted by molar-refractivity contribution is 7.99. The first kappa shape index (κ1) is 18.6. The first-order valence-electron chi connectivity index (χ1n) is 9.27. The Bertz CT molecular complexity index is 930. The molecular weight excluding hydrogens is 372 g/mol. The number of hydrogen-bond donors (Lipinski definition) is 1. The average Bonchev–Trinajstić information content (AvgIpc) is 3.17. The molecule has 1 aromatic carbocycles. The Morgan fingerprint density at radius 1 is 1.18 bits per heavy atom. The fourth-order valence-corrected chi connectivity index (χ4v) is 4.09. The smallest absolute Gasteiger partial charge is 0.233 e. The van der Waals surface area contributed by atoms with Crippen molar-refractivity contribution in [3.05, 3.63) is 54.9 Å². The number of thioether (sulfide) groups is 1. The van der Waals surface area contributed by atoms with Crippen LogP contribution in [0.25, 0.3) is 17.1 Å². The summed E-state index contributed by atoms with van der Waals surface area (Å²) in [6.07, 6.45) is 3.47. The second-order valence-electron chi connectivity index (χ2n) is 6.70. The standard InChI is InChI=1S/C20H22N6OS/c1-15-13-25(12-11-22-15)18(27)14-28-20-24-23-19(16-7-9-21-10-8-16)26(20)17-5-3-2-4-6-17/h2-10,15,22H,11-14H2,1H3/t15-/m1/s1. The number of hydrogen-bond acceptors (Lipinski definition) is 6. The van der Waals surface area contributed by atoms with Gasteiger partial charge in [-0.3, -0.25) is 14.3 Å². The first-order chi connectivity index (χ1) is 13.7.